The first-order valence-electron chi connectivity index (χ1n) is 9.10. The van der Waals surface area contributed by atoms with Crippen LogP contribution in [0.1, 0.15) is 49.5 Å². The van der Waals surface area contributed by atoms with Crippen LogP contribution in [-0.4, -0.2) is 42.4 Å². The molecule has 2 atom stereocenters. The predicted molar refractivity (Wildman–Crippen MR) is 101 cm³/mol. The minimum Gasteiger partial charge on any atom is -0.543 e. The number of fused-ring (bicyclic) bond motifs is 1. The Morgan fingerprint density at radius 3 is 2.58 bits per heavy atom. The van der Waals surface area contributed by atoms with Crippen molar-refractivity contribution in [2.45, 2.75) is 70.6 Å². The number of piperidine rings is 1. The number of aliphatic hydroxyl groups is 1. The molecule has 142 valence electrons. The van der Waals surface area contributed by atoms with E-state index in [-0.39, 0.29) is 16.9 Å². The summed E-state index contributed by atoms with van der Waals surface area (Å²) in [4.78, 5) is 26.0. The lowest BCUT2D eigenvalue weighted by Gasteiger charge is -2.37. The van der Waals surface area contributed by atoms with E-state index in [2.05, 4.69) is 39.2 Å². The lowest BCUT2D eigenvalue weighted by atomic mass is 10.0. The summed E-state index contributed by atoms with van der Waals surface area (Å²) >= 11 is 0. The van der Waals surface area contributed by atoms with Gasteiger partial charge in [-0.3, -0.25) is 9.59 Å². The van der Waals surface area contributed by atoms with Crippen LogP contribution in [0, 0.1) is 0 Å². The van der Waals surface area contributed by atoms with Crippen LogP contribution >= 0.6 is 0 Å². The van der Waals surface area contributed by atoms with Gasteiger partial charge in [-0.1, -0.05) is 26.8 Å². The maximum absolute atomic E-state index is 12.9. The molecule has 6 nitrogen and oxygen atoms in total. The van der Waals surface area contributed by atoms with Crippen LogP contribution < -0.4 is 9.74 Å². The average molecular weight is 377 g/mol. The number of nitrogens with one attached hydrogen (secondary N) is 1. The Balaban J connectivity index is 1.87. The number of rotatable bonds is 3. The minimum atomic E-state index is -2.03. The first kappa shape index (κ1) is 18.9. The summed E-state index contributed by atoms with van der Waals surface area (Å²) in [5, 5.41) is 12.8. The number of benzene rings is 1. The standard InChI is InChI=1S/C19H28N2O4Si/c1-19(2,3)26(4,5)25-15-8-6-7-12-13(15)11-21(18(12)24)14-9-10-16(22)20-17(14)23/h6-8,14,17,23H,9-11H2,1-5H3,(H,20,22). The van der Waals surface area contributed by atoms with E-state index in [0.717, 1.165) is 11.3 Å². The summed E-state index contributed by atoms with van der Waals surface area (Å²) in [5.41, 5.74) is 1.51. The van der Waals surface area contributed by atoms with Crippen LogP contribution in [0.5, 0.6) is 5.75 Å². The molecular formula is C19H28N2O4Si. The zero-order valence-electron chi connectivity index (χ0n) is 16.1. The second-order valence-electron chi connectivity index (χ2n) is 8.70. The molecule has 7 heteroatoms. The van der Waals surface area contributed by atoms with Crippen LogP contribution in [0.4, 0.5) is 0 Å². The Kier molecular flexibility index (Phi) is 4.65. The van der Waals surface area contributed by atoms with Crippen molar-refractivity contribution in [3.8, 4) is 5.75 Å². The normalized spacial score (nSPS) is 23.7. The van der Waals surface area contributed by atoms with Gasteiger partial charge in [-0.05, 0) is 36.7 Å². The largest absolute Gasteiger partial charge is 0.543 e. The fourth-order valence-electron chi connectivity index (χ4n) is 3.21. The van der Waals surface area contributed by atoms with E-state index in [1.807, 2.05) is 18.2 Å². The van der Waals surface area contributed by atoms with Crippen molar-refractivity contribution in [3.63, 3.8) is 0 Å². The van der Waals surface area contributed by atoms with Gasteiger partial charge in [0.05, 0.1) is 12.6 Å². The highest BCUT2D eigenvalue weighted by Gasteiger charge is 2.43. The molecule has 0 aliphatic carbocycles. The number of aliphatic hydroxyl groups excluding tert-OH is 1. The van der Waals surface area contributed by atoms with Gasteiger partial charge in [-0.25, -0.2) is 0 Å². The van der Waals surface area contributed by atoms with Crippen molar-refractivity contribution >= 4 is 20.1 Å². The van der Waals surface area contributed by atoms with Gasteiger partial charge in [0.2, 0.25) is 14.2 Å². The Morgan fingerprint density at radius 1 is 1.27 bits per heavy atom. The van der Waals surface area contributed by atoms with E-state index >= 15 is 0 Å². The van der Waals surface area contributed by atoms with E-state index < -0.39 is 20.6 Å². The molecule has 2 aliphatic rings. The molecule has 0 bridgehead atoms. The minimum absolute atomic E-state index is 0.0574. The number of carbonyl (C=O) groups excluding carboxylic acids is 2. The van der Waals surface area contributed by atoms with E-state index in [1.165, 1.54) is 0 Å². The van der Waals surface area contributed by atoms with Crippen molar-refractivity contribution < 1.29 is 19.1 Å². The summed E-state index contributed by atoms with van der Waals surface area (Å²) in [6.07, 6.45) is -0.250. The van der Waals surface area contributed by atoms with Gasteiger partial charge in [-0.15, -0.1) is 0 Å². The lowest BCUT2D eigenvalue weighted by Crippen LogP contribution is -2.55. The number of carbonyl (C=O) groups is 2. The fraction of sp³-hybridized carbons (Fsp3) is 0.579. The summed E-state index contributed by atoms with van der Waals surface area (Å²) in [6, 6.07) is 5.18. The summed E-state index contributed by atoms with van der Waals surface area (Å²) < 4.78 is 6.46. The van der Waals surface area contributed by atoms with Gasteiger partial charge in [0, 0.05) is 17.5 Å². The van der Waals surface area contributed by atoms with Crippen LogP contribution in [0.25, 0.3) is 0 Å². The van der Waals surface area contributed by atoms with Gasteiger partial charge in [-0.2, -0.15) is 0 Å². The first-order chi connectivity index (χ1) is 12.0. The third-order valence-corrected chi connectivity index (χ3v) is 10.2. The highest BCUT2D eigenvalue weighted by atomic mass is 28.4. The van der Waals surface area contributed by atoms with E-state index in [0.29, 0.717) is 24.9 Å². The molecular weight excluding hydrogens is 348 g/mol. The zero-order chi connectivity index (χ0) is 19.3. The average Bonchev–Trinajstić information content (AvgIpc) is 2.84. The maximum Gasteiger partial charge on any atom is 0.255 e. The van der Waals surface area contributed by atoms with Crippen molar-refractivity contribution in [2.75, 3.05) is 0 Å². The topological polar surface area (TPSA) is 78.9 Å². The molecule has 1 aromatic rings. The number of hydrogen-bond acceptors (Lipinski definition) is 4. The molecule has 2 unspecified atom stereocenters. The molecule has 1 saturated heterocycles. The third-order valence-electron chi connectivity index (χ3n) is 5.86. The number of amides is 2. The van der Waals surface area contributed by atoms with E-state index in [9.17, 15) is 14.7 Å². The second kappa shape index (κ2) is 6.39. The van der Waals surface area contributed by atoms with Crippen LogP contribution in [-0.2, 0) is 11.3 Å². The third kappa shape index (κ3) is 3.25. The molecule has 1 fully saturated rings. The zero-order valence-corrected chi connectivity index (χ0v) is 17.1. The smallest absolute Gasteiger partial charge is 0.255 e. The van der Waals surface area contributed by atoms with Crippen molar-refractivity contribution in [3.05, 3.63) is 29.3 Å². The molecule has 3 rings (SSSR count). The van der Waals surface area contributed by atoms with Crippen molar-refractivity contribution in [1.82, 2.24) is 10.2 Å². The molecule has 1 aromatic carbocycles. The van der Waals surface area contributed by atoms with Crippen LogP contribution in [0.2, 0.25) is 18.1 Å². The molecule has 2 amide bonds. The monoisotopic (exact) mass is 376 g/mol. The SMILES string of the molecule is CC(C)(C)[Si](C)(C)Oc1cccc2c1CN(C1CCC(=O)NC1O)C2=O. The maximum atomic E-state index is 12.9. The Morgan fingerprint density at radius 2 is 1.96 bits per heavy atom. The highest BCUT2D eigenvalue weighted by Crippen LogP contribution is 2.40. The quantitative estimate of drug-likeness (QED) is 0.795. The molecule has 0 radical (unpaired) electrons. The molecule has 0 spiro atoms. The summed E-state index contributed by atoms with van der Waals surface area (Å²) in [6.45, 7) is 11.3. The molecule has 2 N–H and O–H groups in total. The Hall–Kier alpha value is -1.86. The van der Waals surface area contributed by atoms with Crippen LogP contribution in [0.3, 0.4) is 0 Å². The number of nitrogens with zero attached hydrogens (tertiary/aromatic N) is 1. The first-order valence-corrected chi connectivity index (χ1v) is 12.0. The van der Waals surface area contributed by atoms with Crippen LogP contribution in [0.15, 0.2) is 18.2 Å². The lowest BCUT2D eigenvalue weighted by molar-refractivity contribution is -0.129. The number of hydrogen-bond donors (Lipinski definition) is 2. The van der Waals surface area contributed by atoms with Gasteiger partial charge in [0.25, 0.3) is 5.91 Å². The van der Waals surface area contributed by atoms with Gasteiger partial charge >= 0.3 is 0 Å². The van der Waals surface area contributed by atoms with E-state index in [1.54, 1.807) is 4.90 Å². The Labute approximate surface area is 155 Å². The van der Waals surface area contributed by atoms with Gasteiger partial charge < -0.3 is 19.7 Å². The van der Waals surface area contributed by atoms with Gasteiger partial charge in [0.1, 0.15) is 12.0 Å². The summed E-state index contributed by atoms with van der Waals surface area (Å²) in [7, 11) is -2.03. The van der Waals surface area contributed by atoms with Crippen molar-refractivity contribution in [2.24, 2.45) is 0 Å². The second-order valence-corrected chi connectivity index (χ2v) is 13.4. The van der Waals surface area contributed by atoms with Gasteiger partial charge in [0.15, 0.2) is 0 Å². The molecule has 26 heavy (non-hydrogen) atoms. The Bertz CT molecular complexity index is 742. The van der Waals surface area contributed by atoms with E-state index in [4.69, 9.17) is 4.43 Å². The molecule has 0 aromatic heterocycles. The molecule has 0 saturated carbocycles. The fourth-order valence-corrected chi connectivity index (χ4v) is 4.26. The highest BCUT2D eigenvalue weighted by molar-refractivity contribution is 6.74. The van der Waals surface area contributed by atoms with Crippen molar-refractivity contribution in [1.29, 1.82) is 0 Å². The predicted octanol–water partition coefficient (Wildman–Crippen LogP) is 2.62. The molecule has 2 aliphatic heterocycles. The molecule has 2 heterocycles. The summed E-state index contributed by atoms with van der Waals surface area (Å²) in [5.74, 6) is 0.472.